The lowest BCUT2D eigenvalue weighted by Crippen LogP contribution is -2.38. The van der Waals surface area contributed by atoms with Gasteiger partial charge in [-0.2, -0.15) is 0 Å². The molecule has 2 atom stereocenters. The molecule has 1 aromatic heterocycles. The van der Waals surface area contributed by atoms with Crippen LogP contribution >= 0.6 is 11.3 Å². The highest BCUT2D eigenvalue weighted by Gasteiger charge is 2.25. The molecule has 84 valence electrons. The third-order valence-electron chi connectivity index (χ3n) is 3.44. The summed E-state index contributed by atoms with van der Waals surface area (Å²) >= 11 is 1.80. The van der Waals surface area contributed by atoms with E-state index in [1.165, 1.54) is 24.1 Å². The molecule has 0 aromatic carbocycles. The van der Waals surface area contributed by atoms with E-state index in [4.69, 9.17) is 0 Å². The first-order valence-corrected chi connectivity index (χ1v) is 6.67. The second-order valence-electron chi connectivity index (χ2n) is 4.65. The average Bonchev–Trinajstić information content (AvgIpc) is 2.48. The molecule has 0 saturated heterocycles. The second kappa shape index (κ2) is 4.62. The Hall–Kier alpha value is -0.410. The van der Waals surface area contributed by atoms with Crippen molar-refractivity contribution in [1.82, 2.24) is 10.3 Å². The molecular formula is C12H20N2S. The molecule has 0 aliphatic heterocycles. The smallest absolute Gasteiger partial charge is 0.0897 e. The van der Waals surface area contributed by atoms with Crippen LogP contribution < -0.4 is 5.32 Å². The summed E-state index contributed by atoms with van der Waals surface area (Å²) < 4.78 is 0. The molecule has 3 heteroatoms. The molecular weight excluding hydrogens is 204 g/mol. The normalized spacial score (nSPS) is 21.0. The summed E-state index contributed by atoms with van der Waals surface area (Å²) in [6.45, 7) is 6.62. The third kappa shape index (κ3) is 2.58. The van der Waals surface area contributed by atoms with Crippen molar-refractivity contribution >= 4 is 11.3 Å². The molecule has 1 aliphatic rings. The van der Waals surface area contributed by atoms with Gasteiger partial charge in [0.2, 0.25) is 0 Å². The van der Waals surface area contributed by atoms with Crippen molar-refractivity contribution in [3.05, 3.63) is 16.1 Å². The zero-order valence-electron chi connectivity index (χ0n) is 9.79. The summed E-state index contributed by atoms with van der Waals surface area (Å²) in [4.78, 5) is 5.66. The van der Waals surface area contributed by atoms with Crippen molar-refractivity contribution in [2.45, 2.75) is 52.1 Å². The first-order chi connectivity index (χ1) is 7.16. The van der Waals surface area contributed by atoms with Crippen LogP contribution in [0.5, 0.6) is 0 Å². The van der Waals surface area contributed by atoms with E-state index < -0.39 is 0 Å². The first kappa shape index (κ1) is 11.1. The standard InChI is InChI=1S/C12H20N2S/c1-8(11-5-4-6-11)14-9(2)12-7-13-10(3)15-12/h7-9,11,14H,4-6H2,1-3H3. The molecule has 1 heterocycles. The van der Waals surface area contributed by atoms with Gasteiger partial charge in [-0.05, 0) is 39.5 Å². The Kier molecular flexibility index (Phi) is 3.42. The monoisotopic (exact) mass is 224 g/mol. The van der Waals surface area contributed by atoms with Crippen LogP contribution in [0.2, 0.25) is 0 Å². The largest absolute Gasteiger partial charge is 0.307 e. The van der Waals surface area contributed by atoms with Crippen molar-refractivity contribution in [3.8, 4) is 0 Å². The van der Waals surface area contributed by atoms with Gasteiger partial charge < -0.3 is 5.32 Å². The predicted octanol–water partition coefficient (Wildman–Crippen LogP) is 3.29. The zero-order chi connectivity index (χ0) is 10.8. The lowest BCUT2D eigenvalue weighted by Gasteiger charge is -2.33. The maximum atomic E-state index is 4.30. The summed E-state index contributed by atoms with van der Waals surface area (Å²) in [5.41, 5.74) is 0. The van der Waals surface area contributed by atoms with Crippen molar-refractivity contribution in [2.75, 3.05) is 0 Å². The molecule has 0 radical (unpaired) electrons. The fourth-order valence-corrected chi connectivity index (χ4v) is 2.93. The molecule has 2 nitrogen and oxygen atoms in total. The number of thiazole rings is 1. The minimum absolute atomic E-state index is 0.451. The Morgan fingerprint density at radius 2 is 2.20 bits per heavy atom. The van der Waals surface area contributed by atoms with Gasteiger partial charge in [-0.15, -0.1) is 11.3 Å². The first-order valence-electron chi connectivity index (χ1n) is 5.85. The number of hydrogen-bond donors (Lipinski definition) is 1. The minimum atomic E-state index is 0.451. The molecule has 2 rings (SSSR count). The molecule has 0 bridgehead atoms. The summed E-state index contributed by atoms with van der Waals surface area (Å²) in [5, 5.41) is 4.84. The van der Waals surface area contributed by atoms with Gasteiger partial charge in [-0.1, -0.05) is 6.42 Å². The Labute approximate surface area is 96.1 Å². The van der Waals surface area contributed by atoms with E-state index in [2.05, 4.69) is 31.1 Å². The van der Waals surface area contributed by atoms with E-state index in [1.54, 1.807) is 11.3 Å². The Bertz CT molecular complexity index is 317. The molecule has 1 fully saturated rings. The van der Waals surface area contributed by atoms with Gasteiger partial charge in [0.05, 0.1) is 5.01 Å². The maximum absolute atomic E-state index is 4.30. The highest BCUT2D eigenvalue weighted by molar-refractivity contribution is 7.11. The van der Waals surface area contributed by atoms with Gasteiger partial charge in [0.1, 0.15) is 0 Å². The fraction of sp³-hybridized carbons (Fsp3) is 0.750. The second-order valence-corrected chi connectivity index (χ2v) is 5.92. The molecule has 15 heavy (non-hydrogen) atoms. The summed E-state index contributed by atoms with van der Waals surface area (Å²) in [6.07, 6.45) is 6.24. The molecule has 0 amide bonds. The van der Waals surface area contributed by atoms with Crippen LogP contribution in [0.15, 0.2) is 6.20 Å². The highest BCUT2D eigenvalue weighted by atomic mass is 32.1. The van der Waals surface area contributed by atoms with E-state index in [1.807, 2.05) is 6.20 Å². The molecule has 1 N–H and O–H groups in total. The summed E-state index contributed by atoms with van der Waals surface area (Å²) in [7, 11) is 0. The molecule has 1 saturated carbocycles. The van der Waals surface area contributed by atoms with E-state index in [-0.39, 0.29) is 0 Å². The van der Waals surface area contributed by atoms with E-state index in [9.17, 15) is 0 Å². The maximum Gasteiger partial charge on any atom is 0.0897 e. The van der Waals surface area contributed by atoms with Crippen LogP contribution in [-0.4, -0.2) is 11.0 Å². The summed E-state index contributed by atoms with van der Waals surface area (Å²) in [6, 6.07) is 1.10. The number of nitrogens with zero attached hydrogens (tertiary/aromatic N) is 1. The van der Waals surface area contributed by atoms with Crippen LogP contribution in [0.4, 0.5) is 0 Å². The van der Waals surface area contributed by atoms with Gasteiger partial charge in [-0.3, -0.25) is 0 Å². The Morgan fingerprint density at radius 1 is 1.47 bits per heavy atom. The highest BCUT2D eigenvalue weighted by Crippen LogP contribution is 2.31. The lowest BCUT2D eigenvalue weighted by atomic mass is 9.80. The van der Waals surface area contributed by atoms with Crippen LogP contribution in [0, 0.1) is 12.8 Å². The number of aryl methyl sites for hydroxylation is 1. The molecule has 0 spiro atoms. The molecule has 1 aliphatic carbocycles. The van der Waals surface area contributed by atoms with Crippen LogP contribution in [-0.2, 0) is 0 Å². The lowest BCUT2D eigenvalue weighted by molar-refractivity contribution is 0.230. The topological polar surface area (TPSA) is 24.9 Å². The molecule has 1 aromatic rings. The van der Waals surface area contributed by atoms with Crippen molar-refractivity contribution in [2.24, 2.45) is 5.92 Å². The fourth-order valence-electron chi connectivity index (χ4n) is 2.13. The van der Waals surface area contributed by atoms with Gasteiger partial charge in [0, 0.05) is 23.2 Å². The van der Waals surface area contributed by atoms with Crippen LogP contribution in [0.25, 0.3) is 0 Å². The number of aromatic nitrogens is 1. The SMILES string of the molecule is Cc1ncc(C(C)NC(C)C2CCC2)s1. The van der Waals surface area contributed by atoms with E-state index in [0.29, 0.717) is 12.1 Å². The number of rotatable bonds is 4. The van der Waals surface area contributed by atoms with Gasteiger partial charge in [0.15, 0.2) is 0 Å². The zero-order valence-corrected chi connectivity index (χ0v) is 10.6. The van der Waals surface area contributed by atoms with E-state index >= 15 is 0 Å². The predicted molar refractivity (Wildman–Crippen MR) is 65.2 cm³/mol. The van der Waals surface area contributed by atoms with Gasteiger partial charge in [-0.25, -0.2) is 4.98 Å². The molecule has 2 unspecified atom stereocenters. The third-order valence-corrected chi connectivity index (χ3v) is 4.53. The van der Waals surface area contributed by atoms with E-state index in [0.717, 1.165) is 10.9 Å². The van der Waals surface area contributed by atoms with Crippen molar-refractivity contribution in [1.29, 1.82) is 0 Å². The summed E-state index contributed by atoms with van der Waals surface area (Å²) in [5.74, 6) is 0.904. The Balaban J connectivity index is 1.88. The minimum Gasteiger partial charge on any atom is -0.307 e. The quantitative estimate of drug-likeness (QED) is 0.849. The number of nitrogens with one attached hydrogen (secondary N) is 1. The van der Waals surface area contributed by atoms with Gasteiger partial charge in [0.25, 0.3) is 0 Å². The Morgan fingerprint density at radius 3 is 2.67 bits per heavy atom. The number of hydrogen-bond acceptors (Lipinski definition) is 3. The average molecular weight is 224 g/mol. The van der Waals surface area contributed by atoms with Crippen LogP contribution in [0.1, 0.15) is 49.0 Å². The van der Waals surface area contributed by atoms with Gasteiger partial charge >= 0.3 is 0 Å². The van der Waals surface area contributed by atoms with Crippen molar-refractivity contribution in [3.63, 3.8) is 0 Å². The van der Waals surface area contributed by atoms with Crippen molar-refractivity contribution < 1.29 is 0 Å². The van der Waals surface area contributed by atoms with Crippen LogP contribution in [0.3, 0.4) is 0 Å².